The van der Waals surface area contributed by atoms with Crippen molar-refractivity contribution < 1.29 is 19.8 Å². The third kappa shape index (κ3) is 7.11. The van der Waals surface area contributed by atoms with Gasteiger partial charge in [-0.05, 0) is 24.1 Å². The van der Waals surface area contributed by atoms with E-state index < -0.39 is 12.0 Å². The second-order valence-corrected chi connectivity index (χ2v) is 5.49. The molecule has 0 aliphatic heterocycles. The summed E-state index contributed by atoms with van der Waals surface area (Å²) in [5.74, 6) is -1.14. The van der Waals surface area contributed by atoms with E-state index in [0.717, 1.165) is 31.2 Å². The number of carboxylic acid groups (broad SMARTS) is 1. The van der Waals surface area contributed by atoms with Crippen molar-refractivity contribution in [3.63, 3.8) is 0 Å². The number of rotatable bonds is 10. The average Bonchev–Trinajstić information content (AvgIpc) is 2.48. The highest BCUT2D eigenvalue weighted by atomic mass is 16.4. The fraction of sp³-hybridized carbons (Fsp3) is 0.529. The van der Waals surface area contributed by atoms with Crippen LogP contribution in [0, 0.1) is 0 Å². The van der Waals surface area contributed by atoms with Gasteiger partial charge in [-0.1, -0.05) is 44.7 Å². The number of nitrogens with one attached hydrogen (secondary N) is 1. The van der Waals surface area contributed by atoms with E-state index in [0.29, 0.717) is 6.42 Å². The predicted octanol–water partition coefficient (Wildman–Crippen LogP) is 2.86. The maximum absolute atomic E-state index is 11.8. The van der Waals surface area contributed by atoms with E-state index in [1.807, 2.05) is 0 Å². The molecule has 5 heteroatoms. The quantitative estimate of drug-likeness (QED) is 0.580. The summed E-state index contributed by atoms with van der Waals surface area (Å²) in [6, 6.07) is 5.38. The Bertz CT molecular complexity index is 470. The topological polar surface area (TPSA) is 86.6 Å². The summed E-state index contributed by atoms with van der Waals surface area (Å²) in [6.45, 7) is 2.13. The lowest BCUT2D eigenvalue weighted by Gasteiger charge is -2.14. The molecule has 0 bridgehead atoms. The molecule has 0 saturated carbocycles. The van der Waals surface area contributed by atoms with E-state index in [1.54, 1.807) is 12.1 Å². The number of hydrogen-bond donors (Lipinski definition) is 3. The number of amides is 1. The summed E-state index contributed by atoms with van der Waals surface area (Å²) < 4.78 is 0. The number of hydrogen-bond acceptors (Lipinski definition) is 3. The number of carbonyl (C=O) groups excluding carboxylic acids is 1. The summed E-state index contributed by atoms with van der Waals surface area (Å²) in [6.07, 6.45) is 5.79. The van der Waals surface area contributed by atoms with Crippen molar-refractivity contribution in [1.29, 1.82) is 0 Å². The first-order valence-electron chi connectivity index (χ1n) is 7.83. The molecule has 0 radical (unpaired) electrons. The summed E-state index contributed by atoms with van der Waals surface area (Å²) in [5.41, 5.74) is 0.758. The highest BCUT2D eigenvalue weighted by Crippen LogP contribution is 2.12. The first-order valence-corrected chi connectivity index (χ1v) is 7.83. The van der Waals surface area contributed by atoms with Gasteiger partial charge in [0.15, 0.2) is 0 Å². The Morgan fingerprint density at radius 3 is 2.32 bits per heavy atom. The van der Waals surface area contributed by atoms with Crippen molar-refractivity contribution in [2.24, 2.45) is 0 Å². The lowest BCUT2D eigenvalue weighted by atomic mass is 10.1. The molecule has 122 valence electrons. The highest BCUT2D eigenvalue weighted by molar-refractivity contribution is 5.83. The zero-order chi connectivity index (χ0) is 16.4. The van der Waals surface area contributed by atoms with E-state index in [9.17, 15) is 19.8 Å². The Labute approximate surface area is 131 Å². The maximum Gasteiger partial charge on any atom is 0.326 e. The zero-order valence-corrected chi connectivity index (χ0v) is 13.0. The lowest BCUT2D eigenvalue weighted by Crippen LogP contribution is -2.42. The number of aromatic hydroxyl groups is 1. The van der Waals surface area contributed by atoms with Crippen LogP contribution < -0.4 is 5.32 Å². The normalized spacial score (nSPS) is 11.9. The average molecular weight is 307 g/mol. The maximum atomic E-state index is 11.8. The molecule has 1 aromatic rings. The van der Waals surface area contributed by atoms with Crippen molar-refractivity contribution in [3.8, 4) is 5.75 Å². The molecule has 1 amide bonds. The smallest absolute Gasteiger partial charge is 0.326 e. The highest BCUT2D eigenvalue weighted by Gasteiger charge is 2.20. The van der Waals surface area contributed by atoms with Gasteiger partial charge in [-0.2, -0.15) is 0 Å². The number of unbranched alkanes of at least 4 members (excludes halogenated alkanes) is 4. The molecule has 1 rings (SSSR count). The molecule has 5 nitrogen and oxygen atoms in total. The molecule has 22 heavy (non-hydrogen) atoms. The summed E-state index contributed by atoms with van der Waals surface area (Å²) in [4.78, 5) is 23.1. The van der Waals surface area contributed by atoms with Crippen LogP contribution in [-0.4, -0.2) is 28.1 Å². The molecule has 1 atom stereocenters. The van der Waals surface area contributed by atoms with Crippen LogP contribution >= 0.6 is 0 Å². The zero-order valence-electron chi connectivity index (χ0n) is 13.0. The van der Waals surface area contributed by atoms with Gasteiger partial charge in [0.2, 0.25) is 5.91 Å². The minimum absolute atomic E-state index is 0.131. The van der Waals surface area contributed by atoms with Crippen LogP contribution in [0.5, 0.6) is 5.75 Å². The van der Waals surface area contributed by atoms with Crippen LogP contribution in [0.4, 0.5) is 0 Å². The van der Waals surface area contributed by atoms with Crippen LogP contribution in [0.3, 0.4) is 0 Å². The number of carboxylic acids is 1. The summed E-state index contributed by atoms with van der Waals surface area (Å²) >= 11 is 0. The Kier molecular flexibility index (Phi) is 8.04. The van der Waals surface area contributed by atoms with Crippen molar-refractivity contribution >= 4 is 11.9 Å². The van der Waals surface area contributed by atoms with E-state index >= 15 is 0 Å². The number of phenols is 1. The summed E-state index contributed by atoms with van der Waals surface area (Å²) in [7, 11) is 0. The van der Waals surface area contributed by atoms with E-state index in [4.69, 9.17) is 0 Å². The van der Waals surface area contributed by atoms with Crippen LogP contribution in [0.25, 0.3) is 0 Å². The van der Waals surface area contributed by atoms with Gasteiger partial charge in [0.05, 0.1) is 0 Å². The first-order chi connectivity index (χ1) is 10.5. The molecule has 0 aromatic heterocycles. The number of aliphatic carboxylic acids is 1. The molecule has 0 fully saturated rings. The standard InChI is InChI=1S/C17H25NO4/c1-2-3-4-5-6-7-16(20)18-15(17(21)22)12-13-8-10-14(19)11-9-13/h8-11,15,19H,2-7,12H2,1H3,(H,18,20)(H,21,22). The molecule has 0 heterocycles. The molecule has 1 aromatic carbocycles. The molecular weight excluding hydrogens is 282 g/mol. The molecule has 0 saturated heterocycles. The number of phenolic OH excluding ortho intramolecular Hbond substituents is 1. The van der Waals surface area contributed by atoms with E-state index in [2.05, 4.69) is 12.2 Å². The minimum Gasteiger partial charge on any atom is -0.508 e. The lowest BCUT2D eigenvalue weighted by molar-refractivity contribution is -0.141. The van der Waals surface area contributed by atoms with Gasteiger partial charge >= 0.3 is 5.97 Å². The van der Waals surface area contributed by atoms with Crippen molar-refractivity contribution in [1.82, 2.24) is 5.32 Å². The van der Waals surface area contributed by atoms with Gasteiger partial charge in [0.1, 0.15) is 11.8 Å². The van der Waals surface area contributed by atoms with E-state index in [-0.39, 0.29) is 18.1 Å². The van der Waals surface area contributed by atoms with Crippen LogP contribution in [-0.2, 0) is 16.0 Å². The molecule has 0 aliphatic carbocycles. The molecule has 1 unspecified atom stereocenters. The Morgan fingerprint density at radius 2 is 1.73 bits per heavy atom. The fourth-order valence-corrected chi connectivity index (χ4v) is 2.22. The number of benzene rings is 1. The van der Waals surface area contributed by atoms with Gasteiger partial charge in [-0.3, -0.25) is 4.79 Å². The first kappa shape index (κ1) is 18.0. The second kappa shape index (κ2) is 9.82. The summed E-state index contributed by atoms with van der Waals surface area (Å²) in [5, 5.41) is 21.0. The van der Waals surface area contributed by atoms with Crippen molar-refractivity contribution in [3.05, 3.63) is 29.8 Å². The van der Waals surface area contributed by atoms with Crippen LogP contribution in [0.15, 0.2) is 24.3 Å². The van der Waals surface area contributed by atoms with Gasteiger partial charge in [-0.25, -0.2) is 4.79 Å². The number of carbonyl (C=O) groups is 2. The molecule has 0 aliphatic rings. The molecular formula is C17H25NO4. The molecule has 0 spiro atoms. The van der Waals surface area contributed by atoms with Gasteiger partial charge in [0.25, 0.3) is 0 Å². The monoisotopic (exact) mass is 307 g/mol. The van der Waals surface area contributed by atoms with Crippen LogP contribution in [0.2, 0.25) is 0 Å². The van der Waals surface area contributed by atoms with E-state index in [1.165, 1.54) is 18.6 Å². The van der Waals surface area contributed by atoms with Gasteiger partial charge in [0, 0.05) is 12.8 Å². The Morgan fingerprint density at radius 1 is 1.09 bits per heavy atom. The minimum atomic E-state index is -1.05. The Hall–Kier alpha value is -2.04. The fourth-order valence-electron chi connectivity index (χ4n) is 2.22. The second-order valence-electron chi connectivity index (χ2n) is 5.49. The van der Waals surface area contributed by atoms with Crippen LogP contribution in [0.1, 0.15) is 51.0 Å². The Balaban J connectivity index is 2.41. The SMILES string of the molecule is CCCCCCCC(=O)NC(Cc1ccc(O)cc1)C(=O)O. The molecule has 3 N–H and O–H groups in total. The van der Waals surface area contributed by atoms with Gasteiger partial charge < -0.3 is 15.5 Å². The largest absolute Gasteiger partial charge is 0.508 e. The van der Waals surface area contributed by atoms with Crippen molar-refractivity contribution in [2.75, 3.05) is 0 Å². The van der Waals surface area contributed by atoms with Crippen molar-refractivity contribution in [2.45, 2.75) is 57.9 Å². The van der Waals surface area contributed by atoms with Gasteiger partial charge in [-0.15, -0.1) is 0 Å². The third-order valence-corrected chi connectivity index (χ3v) is 3.52. The third-order valence-electron chi connectivity index (χ3n) is 3.52. The predicted molar refractivity (Wildman–Crippen MR) is 84.8 cm³/mol.